The van der Waals surface area contributed by atoms with Gasteiger partial charge >= 0.3 is 0 Å². The number of halogens is 3. The molecule has 30 heavy (non-hydrogen) atoms. The minimum absolute atomic E-state index is 0.284. The van der Waals surface area contributed by atoms with E-state index in [-0.39, 0.29) is 5.91 Å². The molecule has 0 unspecified atom stereocenters. The number of carbonyl (C=O) groups excluding carboxylic acids is 1. The van der Waals surface area contributed by atoms with Crippen molar-refractivity contribution in [1.82, 2.24) is 4.98 Å². The van der Waals surface area contributed by atoms with Crippen LogP contribution in [0.15, 0.2) is 69.6 Å². The van der Waals surface area contributed by atoms with Crippen LogP contribution in [0.25, 0.3) is 32.6 Å². The van der Waals surface area contributed by atoms with Crippen LogP contribution in [0.2, 0.25) is 10.0 Å². The van der Waals surface area contributed by atoms with Gasteiger partial charge in [-0.2, -0.15) is 0 Å². The van der Waals surface area contributed by atoms with E-state index in [9.17, 15) is 4.79 Å². The Morgan fingerprint density at radius 1 is 1.03 bits per heavy atom. The Labute approximate surface area is 193 Å². The third kappa shape index (κ3) is 3.61. The molecule has 0 spiro atoms. The predicted octanol–water partition coefficient (Wildman–Crippen LogP) is 8.03. The molecule has 3 aromatic carbocycles. The minimum Gasteiger partial charge on any atom is -0.436 e. The molecule has 0 bridgehead atoms. The van der Waals surface area contributed by atoms with Gasteiger partial charge in [0.2, 0.25) is 5.89 Å². The average molecular weight is 518 g/mol. The van der Waals surface area contributed by atoms with Gasteiger partial charge in [-0.25, -0.2) is 4.98 Å². The number of amides is 1. The maximum absolute atomic E-state index is 12.8. The smallest absolute Gasteiger partial charge is 0.267 e. The van der Waals surface area contributed by atoms with E-state index in [2.05, 4.69) is 26.2 Å². The third-order valence-corrected chi connectivity index (χ3v) is 6.95. The first-order valence-electron chi connectivity index (χ1n) is 8.83. The molecule has 1 amide bonds. The van der Waals surface area contributed by atoms with E-state index in [1.807, 2.05) is 30.3 Å². The molecule has 148 valence electrons. The number of rotatable bonds is 3. The van der Waals surface area contributed by atoms with E-state index >= 15 is 0 Å². The van der Waals surface area contributed by atoms with E-state index in [1.54, 1.807) is 30.3 Å². The molecule has 4 nitrogen and oxygen atoms in total. The molecule has 0 aliphatic rings. The Hall–Kier alpha value is -2.38. The van der Waals surface area contributed by atoms with Crippen molar-refractivity contribution in [2.24, 2.45) is 0 Å². The number of hydrogen-bond donors (Lipinski definition) is 1. The lowest BCUT2D eigenvalue weighted by atomic mass is 10.2. The van der Waals surface area contributed by atoms with Crippen molar-refractivity contribution in [1.29, 1.82) is 0 Å². The van der Waals surface area contributed by atoms with Crippen molar-refractivity contribution in [2.45, 2.75) is 0 Å². The zero-order valence-corrected chi connectivity index (χ0v) is 19.0. The quantitative estimate of drug-likeness (QED) is 0.263. The number of hydrogen-bond acceptors (Lipinski definition) is 4. The van der Waals surface area contributed by atoms with Crippen molar-refractivity contribution >= 4 is 83.2 Å². The number of aromatic nitrogens is 1. The van der Waals surface area contributed by atoms with Crippen LogP contribution in [0.5, 0.6) is 0 Å². The van der Waals surface area contributed by atoms with E-state index in [0.29, 0.717) is 37.6 Å². The Bertz CT molecular complexity index is 1430. The van der Waals surface area contributed by atoms with E-state index in [4.69, 9.17) is 27.6 Å². The van der Waals surface area contributed by atoms with Crippen molar-refractivity contribution < 1.29 is 9.21 Å². The Kier molecular flexibility index (Phi) is 5.03. The Morgan fingerprint density at radius 2 is 1.83 bits per heavy atom. The van der Waals surface area contributed by atoms with Crippen LogP contribution in [-0.2, 0) is 0 Å². The number of fused-ring (bicyclic) bond motifs is 2. The van der Waals surface area contributed by atoms with Crippen LogP contribution in [0.4, 0.5) is 5.69 Å². The second-order valence-electron chi connectivity index (χ2n) is 6.55. The molecule has 1 N–H and O–H groups in total. The number of thiophene rings is 1. The summed E-state index contributed by atoms with van der Waals surface area (Å²) in [6.07, 6.45) is 0. The molecule has 0 aliphatic heterocycles. The average Bonchev–Trinajstić information content (AvgIpc) is 3.29. The van der Waals surface area contributed by atoms with Gasteiger partial charge in [-0.05, 0) is 54.6 Å². The SMILES string of the molecule is O=C(Nc1ccc2oc(-c3ccc(Br)cc3)nc2c1)c1sc2cc(Cl)ccc2c1Cl. The van der Waals surface area contributed by atoms with Gasteiger partial charge < -0.3 is 9.73 Å². The van der Waals surface area contributed by atoms with Crippen LogP contribution in [0, 0.1) is 0 Å². The second kappa shape index (κ2) is 7.71. The molecule has 0 saturated heterocycles. The van der Waals surface area contributed by atoms with Crippen molar-refractivity contribution in [3.63, 3.8) is 0 Å². The Balaban J connectivity index is 1.44. The molecule has 5 rings (SSSR count). The second-order valence-corrected chi connectivity index (χ2v) is 9.33. The normalized spacial score (nSPS) is 11.3. The molecular weight excluding hydrogens is 507 g/mol. The van der Waals surface area contributed by atoms with Gasteiger partial charge in [0.1, 0.15) is 10.4 Å². The summed E-state index contributed by atoms with van der Waals surface area (Å²) in [6.45, 7) is 0. The number of carbonyl (C=O) groups is 1. The van der Waals surface area contributed by atoms with E-state index in [1.165, 1.54) is 11.3 Å². The predicted molar refractivity (Wildman–Crippen MR) is 127 cm³/mol. The zero-order valence-electron chi connectivity index (χ0n) is 15.1. The van der Waals surface area contributed by atoms with E-state index < -0.39 is 0 Å². The summed E-state index contributed by atoms with van der Waals surface area (Å²) in [7, 11) is 0. The summed E-state index contributed by atoms with van der Waals surface area (Å²) < 4.78 is 7.68. The highest BCUT2D eigenvalue weighted by atomic mass is 79.9. The van der Waals surface area contributed by atoms with Crippen LogP contribution in [0.1, 0.15) is 9.67 Å². The fourth-order valence-corrected chi connectivity index (χ4v) is 5.05. The molecule has 0 atom stereocenters. The minimum atomic E-state index is -0.284. The maximum Gasteiger partial charge on any atom is 0.267 e. The summed E-state index contributed by atoms with van der Waals surface area (Å²) in [4.78, 5) is 17.8. The van der Waals surface area contributed by atoms with Crippen molar-refractivity contribution in [3.05, 3.63) is 80.1 Å². The maximum atomic E-state index is 12.8. The molecule has 5 aromatic rings. The fraction of sp³-hybridized carbons (Fsp3) is 0. The van der Waals surface area contributed by atoms with Crippen molar-refractivity contribution in [2.75, 3.05) is 5.32 Å². The topological polar surface area (TPSA) is 55.1 Å². The van der Waals surface area contributed by atoms with Gasteiger partial charge in [0.05, 0.1) is 5.02 Å². The van der Waals surface area contributed by atoms with Gasteiger partial charge in [0.25, 0.3) is 5.91 Å². The number of anilines is 1. The zero-order chi connectivity index (χ0) is 20.8. The highest BCUT2D eigenvalue weighted by molar-refractivity contribution is 9.10. The van der Waals surface area contributed by atoms with Gasteiger partial charge in [0, 0.05) is 30.8 Å². The fourth-order valence-electron chi connectivity index (χ4n) is 3.09. The van der Waals surface area contributed by atoms with Gasteiger partial charge in [-0.15, -0.1) is 11.3 Å². The number of nitrogens with zero attached hydrogens (tertiary/aromatic N) is 1. The standard InChI is InChI=1S/C22H11BrCl2N2O2S/c23-12-3-1-11(2-4-12)22-27-16-10-14(6-8-17(16)29-22)26-21(28)20-19(25)15-7-5-13(24)9-18(15)30-20/h1-10H,(H,26,28). The van der Waals surface area contributed by atoms with Crippen LogP contribution in [-0.4, -0.2) is 10.9 Å². The van der Waals surface area contributed by atoms with Crippen LogP contribution >= 0.6 is 50.5 Å². The summed E-state index contributed by atoms with van der Waals surface area (Å²) in [5.74, 6) is 0.235. The molecule has 8 heteroatoms. The highest BCUT2D eigenvalue weighted by Gasteiger charge is 2.18. The third-order valence-electron chi connectivity index (χ3n) is 4.53. The molecule has 0 radical (unpaired) electrons. The molecule has 2 heterocycles. The molecule has 0 fully saturated rings. The lowest BCUT2D eigenvalue weighted by Crippen LogP contribution is -2.10. The lowest BCUT2D eigenvalue weighted by molar-refractivity contribution is 0.103. The Morgan fingerprint density at radius 3 is 2.63 bits per heavy atom. The van der Waals surface area contributed by atoms with Crippen molar-refractivity contribution in [3.8, 4) is 11.5 Å². The van der Waals surface area contributed by atoms with Gasteiger partial charge in [0.15, 0.2) is 5.58 Å². The summed E-state index contributed by atoms with van der Waals surface area (Å²) in [6, 6.07) is 18.4. The molecule has 0 saturated carbocycles. The number of oxazole rings is 1. The molecular formula is C22H11BrCl2N2O2S. The van der Waals surface area contributed by atoms with Gasteiger partial charge in [-0.1, -0.05) is 45.2 Å². The summed E-state index contributed by atoms with van der Waals surface area (Å²) in [5.41, 5.74) is 2.77. The summed E-state index contributed by atoms with van der Waals surface area (Å²) in [5, 5.41) is 4.72. The molecule has 2 aromatic heterocycles. The molecule has 0 aliphatic carbocycles. The first kappa shape index (κ1) is 19.6. The number of benzene rings is 3. The lowest BCUT2D eigenvalue weighted by Gasteiger charge is -2.03. The summed E-state index contributed by atoms with van der Waals surface area (Å²) >= 11 is 17.2. The number of nitrogens with one attached hydrogen (secondary N) is 1. The highest BCUT2D eigenvalue weighted by Crippen LogP contribution is 2.37. The van der Waals surface area contributed by atoms with Crippen LogP contribution < -0.4 is 5.32 Å². The first-order chi connectivity index (χ1) is 14.5. The van der Waals surface area contributed by atoms with E-state index in [0.717, 1.165) is 20.1 Å². The van der Waals surface area contributed by atoms with Gasteiger partial charge in [-0.3, -0.25) is 4.79 Å². The van der Waals surface area contributed by atoms with Crippen LogP contribution in [0.3, 0.4) is 0 Å². The first-order valence-corrected chi connectivity index (χ1v) is 11.2. The largest absolute Gasteiger partial charge is 0.436 e. The monoisotopic (exact) mass is 516 g/mol.